The van der Waals surface area contributed by atoms with Gasteiger partial charge in [-0.3, -0.25) is 4.79 Å². The zero-order chi connectivity index (χ0) is 20.9. The number of hydrogen-bond donors (Lipinski definition) is 1. The number of fused-ring (bicyclic) bond motifs is 1. The van der Waals surface area contributed by atoms with Gasteiger partial charge in [0.25, 0.3) is 0 Å². The second-order valence-corrected chi connectivity index (χ2v) is 6.88. The van der Waals surface area contributed by atoms with Crippen molar-refractivity contribution in [2.45, 2.75) is 18.8 Å². The van der Waals surface area contributed by atoms with Gasteiger partial charge in [-0.1, -0.05) is 48.5 Å². The highest BCUT2D eigenvalue weighted by molar-refractivity contribution is 6.03. The minimum absolute atomic E-state index is 0.0288. The van der Waals surface area contributed by atoms with E-state index >= 15 is 0 Å². The van der Waals surface area contributed by atoms with E-state index in [2.05, 4.69) is 0 Å². The zero-order valence-corrected chi connectivity index (χ0v) is 16.5. The summed E-state index contributed by atoms with van der Waals surface area (Å²) in [6.45, 7) is 0.402. The number of rotatable bonds is 7. The summed E-state index contributed by atoms with van der Waals surface area (Å²) in [6, 6.07) is 21.9. The summed E-state index contributed by atoms with van der Waals surface area (Å²) in [5, 5.41) is 10.6. The first-order valence-electron chi connectivity index (χ1n) is 9.57. The zero-order valence-electron chi connectivity index (χ0n) is 16.5. The monoisotopic (exact) mass is 406 g/mol. The molecule has 154 valence electrons. The van der Waals surface area contributed by atoms with Crippen molar-refractivity contribution in [1.29, 1.82) is 0 Å². The molecule has 3 aromatic rings. The summed E-state index contributed by atoms with van der Waals surface area (Å²) in [7, 11) is 1.53. The normalized spacial score (nSPS) is 17.7. The fourth-order valence-electron chi connectivity index (χ4n) is 3.31. The molecule has 0 bridgehead atoms. The smallest absolute Gasteiger partial charge is 0.199 e. The molecule has 0 radical (unpaired) electrons. The number of methoxy groups -OCH3 is 1. The molecule has 0 aromatic heterocycles. The van der Waals surface area contributed by atoms with Gasteiger partial charge in [-0.2, -0.15) is 0 Å². The molecule has 0 aliphatic carbocycles. The molecule has 0 saturated heterocycles. The molecule has 30 heavy (non-hydrogen) atoms. The van der Waals surface area contributed by atoms with Crippen molar-refractivity contribution >= 4 is 5.78 Å². The summed E-state index contributed by atoms with van der Waals surface area (Å²) >= 11 is 0. The van der Waals surface area contributed by atoms with E-state index < -0.39 is 12.2 Å². The van der Waals surface area contributed by atoms with Crippen molar-refractivity contribution in [2.75, 3.05) is 13.9 Å². The number of carbonyl (C=O) groups is 1. The molecule has 1 aliphatic rings. The van der Waals surface area contributed by atoms with Gasteiger partial charge in [0.15, 0.2) is 36.3 Å². The van der Waals surface area contributed by atoms with Gasteiger partial charge in [-0.05, 0) is 35.4 Å². The second kappa shape index (κ2) is 8.98. The largest absolute Gasteiger partial charge is 0.485 e. The molecule has 1 heterocycles. The lowest BCUT2D eigenvalue weighted by Crippen LogP contribution is -2.36. The fourth-order valence-corrected chi connectivity index (χ4v) is 3.31. The number of ketones is 1. The van der Waals surface area contributed by atoms with Crippen LogP contribution in [0.5, 0.6) is 17.2 Å². The van der Waals surface area contributed by atoms with E-state index in [4.69, 9.17) is 18.9 Å². The lowest BCUT2D eigenvalue weighted by atomic mass is 9.93. The fraction of sp³-hybridized carbons (Fsp3) is 0.208. The highest BCUT2D eigenvalue weighted by Crippen LogP contribution is 2.38. The van der Waals surface area contributed by atoms with Gasteiger partial charge in [0.1, 0.15) is 12.4 Å². The summed E-state index contributed by atoms with van der Waals surface area (Å²) in [5.74, 6) is 1.04. The maximum Gasteiger partial charge on any atom is 0.199 e. The molecule has 2 unspecified atom stereocenters. The molecule has 1 aliphatic heterocycles. The maximum atomic E-state index is 12.6. The average molecular weight is 406 g/mol. The first kappa shape index (κ1) is 19.9. The van der Waals surface area contributed by atoms with Crippen molar-refractivity contribution in [3.8, 4) is 17.2 Å². The maximum absolute atomic E-state index is 12.6. The molecular weight excluding hydrogens is 384 g/mol. The van der Waals surface area contributed by atoms with E-state index in [1.165, 1.54) is 7.11 Å². The molecular formula is C24H22O6. The van der Waals surface area contributed by atoms with E-state index in [0.717, 1.165) is 5.56 Å². The molecule has 6 heteroatoms. The quantitative estimate of drug-likeness (QED) is 0.600. The predicted molar refractivity (Wildman–Crippen MR) is 110 cm³/mol. The third-order valence-corrected chi connectivity index (χ3v) is 4.83. The number of ether oxygens (including phenoxy) is 4. The van der Waals surface area contributed by atoms with Gasteiger partial charge >= 0.3 is 0 Å². The predicted octanol–water partition coefficient (Wildman–Crippen LogP) is 3.93. The van der Waals surface area contributed by atoms with E-state index in [1.54, 1.807) is 42.5 Å². The number of carbonyl (C=O) groups excluding carboxylic acids is 1. The van der Waals surface area contributed by atoms with Gasteiger partial charge in [0.2, 0.25) is 0 Å². The minimum atomic E-state index is -1.31. The third-order valence-electron chi connectivity index (χ3n) is 4.83. The summed E-state index contributed by atoms with van der Waals surface area (Å²) < 4.78 is 22.5. The van der Waals surface area contributed by atoms with Crippen molar-refractivity contribution in [3.05, 3.63) is 89.5 Å². The minimum Gasteiger partial charge on any atom is -0.485 e. The Balaban J connectivity index is 1.60. The van der Waals surface area contributed by atoms with Gasteiger partial charge in [-0.15, -0.1) is 0 Å². The Kier molecular flexibility index (Phi) is 5.97. The van der Waals surface area contributed by atoms with E-state index in [1.807, 2.05) is 30.3 Å². The van der Waals surface area contributed by atoms with Crippen molar-refractivity contribution in [1.82, 2.24) is 0 Å². The average Bonchev–Trinajstić information content (AvgIpc) is 2.79. The van der Waals surface area contributed by atoms with Crippen LogP contribution in [0.4, 0.5) is 0 Å². The van der Waals surface area contributed by atoms with Crippen LogP contribution in [0, 0.1) is 0 Å². The third kappa shape index (κ3) is 4.15. The van der Waals surface area contributed by atoms with Crippen LogP contribution in [0.15, 0.2) is 72.8 Å². The van der Waals surface area contributed by atoms with Crippen LogP contribution in [0.3, 0.4) is 0 Å². The Morgan fingerprint density at radius 1 is 0.933 bits per heavy atom. The first-order valence-corrected chi connectivity index (χ1v) is 9.57. The Morgan fingerprint density at radius 3 is 2.50 bits per heavy atom. The number of aliphatic hydroxyl groups excluding tert-OH is 1. The number of Topliss-reactive ketones (excluding diaryl/α,β-unsaturated/α-hetero) is 1. The summed E-state index contributed by atoms with van der Waals surface area (Å²) in [6.07, 6.45) is -2.16. The van der Waals surface area contributed by atoms with Crippen LogP contribution in [0.2, 0.25) is 0 Å². The van der Waals surface area contributed by atoms with E-state index in [-0.39, 0.29) is 12.6 Å². The van der Waals surface area contributed by atoms with Crippen LogP contribution in [-0.4, -0.2) is 30.9 Å². The van der Waals surface area contributed by atoms with Crippen molar-refractivity contribution in [2.24, 2.45) is 0 Å². The summed E-state index contributed by atoms with van der Waals surface area (Å²) in [5.41, 5.74) is 2.00. The van der Waals surface area contributed by atoms with Crippen molar-refractivity contribution in [3.63, 3.8) is 0 Å². The van der Waals surface area contributed by atoms with E-state index in [0.29, 0.717) is 35.0 Å². The SMILES string of the molecule is COCOc1cc(C2Oc3ccccc3C(=O)C2O)ccc1OCc1ccccc1. The molecule has 0 spiro atoms. The van der Waals surface area contributed by atoms with Crippen LogP contribution >= 0.6 is 0 Å². The van der Waals surface area contributed by atoms with Crippen LogP contribution in [-0.2, 0) is 11.3 Å². The Bertz CT molecular complexity index is 1020. The number of aliphatic hydroxyl groups is 1. The van der Waals surface area contributed by atoms with Gasteiger partial charge in [-0.25, -0.2) is 0 Å². The van der Waals surface area contributed by atoms with Crippen LogP contribution in [0.25, 0.3) is 0 Å². The number of para-hydroxylation sites is 1. The topological polar surface area (TPSA) is 74.2 Å². The standard InChI is InChI=1S/C24H22O6/c1-27-15-29-21-13-17(11-12-20(21)28-14-16-7-3-2-4-8-16)24-23(26)22(25)18-9-5-6-10-19(18)30-24/h2-13,23-24,26H,14-15H2,1H3. The van der Waals surface area contributed by atoms with Crippen LogP contribution < -0.4 is 14.2 Å². The Morgan fingerprint density at radius 2 is 1.70 bits per heavy atom. The van der Waals surface area contributed by atoms with Gasteiger partial charge < -0.3 is 24.1 Å². The molecule has 6 nitrogen and oxygen atoms in total. The second-order valence-electron chi connectivity index (χ2n) is 6.88. The molecule has 1 N–H and O–H groups in total. The van der Waals surface area contributed by atoms with Crippen LogP contribution in [0.1, 0.15) is 27.6 Å². The Hall–Kier alpha value is -3.35. The highest BCUT2D eigenvalue weighted by atomic mass is 16.7. The lowest BCUT2D eigenvalue weighted by molar-refractivity contribution is 0.0211. The van der Waals surface area contributed by atoms with Crippen molar-refractivity contribution < 1.29 is 28.8 Å². The molecule has 2 atom stereocenters. The molecule has 3 aromatic carbocycles. The lowest BCUT2D eigenvalue weighted by Gasteiger charge is -2.30. The summed E-state index contributed by atoms with van der Waals surface area (Å²) in [4.78, 5) is 12.6. The molecule has 0 fully saturated rings. The van der Waals surface area contributed by atoms with Gasteiger partial charge in [0, 0.05) is 7.11 Å². The molecule has 0 saturated carbocycles. The number of hydrogen-bond acceptors (Lipinski definition) is 6. The van der Waals surface area contributed by atoms with E-state index in [9.17, 15) is 9.90 Å². The highest BCUT2D eigenvalue weighted by Gasteiger charge is 2.37. The van der Waals surface area contributed by atoms with Gasteiger partial charge in [0.05, 0.1) is 5.56 Å². The number of benzene rings is 3. The molecule has 0 amide bonds. The Labute approximate surface area is 174 Å². The first-order chi connectivity index (χ1) is 14.7. The molecule has 4 rings (SSSR count).